The van der Waals surface area contributed by atoms with Crippen molar-refractivity contribution in [3.63, 3.8) is 0 Å². The average Bonchev–Trinajstić information content (AvgIpc) is 2.41. The number of carboxylic acids is 1. The maximum absolute atomic E-state index is 11.3. The number of ether oxygens (including phenoxy) is 1. The smallest absolute Gasteiger partial charge is 0.322 e. The van der Waals surface area contributed by atoms with Gasteiger partial charge in [-0.05, 0) is 18.6 Å². The van der Waals surface area contributed by atoms with Crippen LogP contribution in [0.2, 0.25) is 0 Å². The van der Waals surface area contributed by atoms with E-state index in [1.165, 1.54) is 0 Å². The molecule has 1 saturated heterocycles. The fourth-order valence-electron chi connectivity index (χ4n) is 2.16. The van der Waals surface area contributed by atoms with Gasteiger partial charge in [0.25, 0.3) is 0 Å². The second-order valence-electron chi connectivity index (χ2n) is 4.74. The number of hydrogen-bond acceptors (Lipinski definition) is 4. The van der Waals surface area contributed by atoms with Crippen molar-refractivity contribution in [1.29, 1.82) is 0 Å². The Morgan fingerprint density at radius 3 is 2.95 bits per heavy atom. The summed E-state index contributed by atoms with van der Waals surface area (Å²) in [5.41, 5.74) is 1.03. The van der Waals surface area contributed by atoms with Gasteiger partial charge in [-0.25, -0.2) is 0 Å². The highest BCUT2D eigenvalue weighted by atomic mass is 16.5. The molecule has 2 N–H and O–H groups in total. The van der Waals surface area contributed by atoms with Gasteiger partial charge in [0.1, 0.15) is 18.4 Å². The molecule has 1 aliphatic heterocycles. The average molecular weight is 278 g/mol. The highest BCUT2D eigenvalue weighted by Gasteiger charge is 2.31. The number of aryl methyl sites for hydroxylation is 1. The number of benzene rings is 1. The topological polar surface area (TPSA) is 78.9 Å². The molecule has 0 radical (unpaired) electrons. The molecule has 2 rings (SSSR count). The van der Waals surface area contributed by atoms with Crippen LogP contribution in [0.5, 0.6) is 5.75 Å². The standard InChI is InChI=1S/C14H18N2O4/c1-10-4-2-3-5-12(10)20-7-6-16-9-13(17)15-8-11(16)14(18)19/h2-5,11H,6-9H2,1H3,(H,15,17)(H,18,19). The summed E-state index contributed by atoms with van der Waals surface area (Å²) in [5, 5.41) is 11.7. The van der Waals surface area contributed by atoms with E-state index in [1.807, 2.05) is 31.2 Å². The van der Waals surface area contributed by atoms with E-state index in [1.54, 1.807) is 4.90 Å². The third-order valence-corrected chi connectivity index (χ3v) is 3.29. The van der Waals surface area contributed by atoms with E-state index in [4.69, 9.17) is 9.84 Å². The van der Waals surface area contributed by atoms with Crippen molar-refractivity contribution in [2.24, 2.45) is 0 Å². The molecule has 1 aromatic carbocycles. The Hall–Kier alpha value is -2.08. The minimum Gasteiger partial charge on any atom is -0.492 e. The first-order valence-electron chi connectivity index (χ1n) is 6.50. The van der Waals surface area contributed by atoms with Crippen LogP contribution < -0.4 is 10.1 Å². The van der Waals surface area contributed by atoms with Gasteiger partial charge in [0.15, 0.2) is 0 Å². The van der Waals surface area contributed by atoms with E-state index in [-0.39, 0.29) is 19.0 Å². The molecule has 108 valence electrons. The lowest BCUT2D eigenvalue weighted by Gasteiger charge is -2.32. The lowest BCUT2D eigenvalue weighted by atomic mass is 10.2. The summed E-state index contributed by atoms with van der Waals surface area (Å²) in [4.78, 5) is 24.1. The van der Waals surface area contributed by atoms with E-state index in [0.29, 0.717) is 13.2 Å². The van der Waals surface area contributed by atoms with Crippen molar-refractivity contribution in [3.05, 3.63) is 29.8 Å². The summed E-state index contributed by atoms with van der Waals surface area (Å²) in [5.74, 6) is -0.305. The Bertz CT molecular complexity index is 504. The van der Waals surface area contributed by atoms with Crippen molar-refractivity contribution >= 4 is 11.9 Å². The fourth-order valence-corrected chi connectivity index (χ4v) is 2.16. The van der Waals surface area contributed by atoms with Gasteiger partial charge in [-0.3, -0.25) is 14.5 Å². The number of piperazine rings is 1. The van der Waals surface area contributed by atoms with Crippen LogP contribution in [0.4, 0.5) is 0 Å². The Morgan fingerprint density at radius 2 is 2.25 bits per heavy atom. The predicted molar refractivity (Wildman–Crippen MR) is 72.7 cm³/mol. The molecule has 1 unspecified atom stereocenters. The Morgan fingerprint density at radius 1 is 1.50 bits per heavy atom. The number of carboxylic acid groups (broad SMARTS) is 1. The van der Waals surface area contributed by atoms with Gasteiger partial charge in [-0.2, -0.15) is 0 Å². The highest BCUT2D eigenvalue weighted by molar-refractivity contribution is 5.83. The summed E-state index contributed by atoms with van der Waals surface area (Å²) in [7, 11) is 0. The number of rotatable bonds is 5. The Labute approximate surface area is 117 Å². The number of aliphatic carboxylic acids is 1. The lowest BCUT2D eigenvalue weighted by Crippen LogP contribution is -2.58. The van der Waals surface area contributed by atoms with E-state index in [0.717, 1.165) is 11.3 Å². The molecular formula is C14H18N2O4. The summed E-state index contributed by atoms with van der Waals surface area (Å²) >= 11 is 0. The van der Waals surface area contributed by atoms with Crippen LogP contribution in [-0.2, 0) is 9.59 Å². The SMILES string of the molecule is Cc1ccccc1OCCN1CC(=O)NCC1C(=O)O. The first-order chi connectivity index (χ1) is 9.58. The van der Waals surface area contributed by atoms with Crippen LogP contribution >= 0.6 is 0 Å². The van der Waals surface area contributed by atoms with Gasteiger partial charge in [-0.15, -0.1) is 0 Å². The third kappa shape index (κ3) is 3.48. The quantitative estimate of drug-likeness (QED) is 0.807. The number of carbonyl (C=O) groups is 2. The maximum Gasteiger partial charge on any atom is 0.322 e. The van der Waals surface area contributed by atoms with E-state index in [9.17, 15) is 9.59 Å². The molecule has 0 spiro atoms. The normalized spacial score (nSPS) is 19.4. The highest BCUT2D eigenvalue weighted by Crippen LogP contribution is 2.16. The molecular weight excluding hydrogens is 260 g/mol. The van der Waals surface area contributed by atoms with Crippen LogP contribution in [0.1, 0.15) is 5.56 Å². The maximum atomic E-state index is 11.3. The first-order valence-corrected chi connectivity index (χ1v) is 6.50. The zero-order chi connectivity index (χ0) is 14.5. The van der Waals surface area contributed by atoms with Gasteiger partial charge in [0.05, 0.1) is 6.54 Å². The molecule has 0 saturated carbocycles. The van der Waals surface area contributed by atoms with Crippen molar-refractivity contribution < 1.29 is 19.4 Å². The molecule has 0 aliphatic carbocycles. The minimum atomic E-state index is -0.930. The Balaban J connectivity index is 1.89. The molecule has 1 fully saturated rings. The minimum absolute atomic E-state index is 0.0914. The van der Waals surface area contributed by atoms with Gasteiger partial charge < -0.3 is 15.2 Å². The number of carbonyl (C=O) groups excluding carboxylic acids is 1. The second kappa shape index (κ2) is 6.38. The summed E-state index contributed by atoms with van der Waals surface area (Å²) in [6.45, 7) is 2.93. The molecule has 6 nitrogen and oxygen atoms in total. The molecule has 1 atom stereocenters. The number of hydrogen-bond donors (Lipinski definition) is 2. The van der Waals surface area contributed by atoms with E-state index >= 15 is 0 Å². The van der Waals surface area contributed by atoms with Crippen LogP contribution in [0.15, 0.2) is 24.3 Å². The number of amides is 1. The van der Waals surface area contributed by atoms with E-state index < -0.39 is 12.0 Å². The summed E-state index contributed by atoms with van der Waals surface area (Å²) < 4.78 is 5.64. The number of nitrogens with one attached hydrogen (secondary N) is 1. The largest absolute Gasteiger partial charge is 0.492 e. The van der Waals surface area contributed by atoms with Gasteiger partial charge in [0.2, 0.25) is 5.91 Å². The van der Waals surface area contributed by atoms with Gasteiger partial charge >= 0.3 is 5.97 Å². The zero-order valence-electron chi connectivity index (χ0n) is 11.3. The number of para-hydroxylation sites is 1. The van der Waals surface area contributed by atoms with Crippen LogP contribution in [0, 0.1) is 6.92 Å². The van der Waals surface area contributed by atoms with Crippen molar-refractivity contribution in [2.45, 2.75) is 13.0 Å². The molecule has 1 aromatic rings. The predicted octanol–water partition coefficient (Wildman–Crippen LogP) is 0.259. The van der Waals surface area contributed by atoms with E-state index in [2.05, 4.69) is 5.32 Å². The summed E-state index contributed by atoms with van der Waals surface area (Å²) in [6.07, 6.45) is 0. The van der Waals surface area contributed by atoms with Crippen LogP contribution in [0.3, 0.4) is 0 Å². The summed E-state index contributed by atoms with van der Waals surface area (Å²) in [6, 6.07) is 6.94. The number of nitrogens with zero attached hydrogens (tertiary/aromatic N) is 1. The lowest BCUT2D eigenvalue weighted by molar-refractivity contribution is -0.146. The van der Waals surface area contributed by atoms with Crippen molar-refractivity contribution in [2.75, 3.05) is 26.2 Å². The second-order valence-corrected chi connectivity index (χ2v) is 4.74. The molecule has 0 aromatic heterocycles. The van der Waals surface area contributed by atoms with Crippen molar-refractivity contribution in [1.82, 2.24) is 10.2 Å². The Kier molecular flexibility index (Phi) is 4.57. The fraction of sp³-hybridized carbons (Fsp3) is 0.429. The monoisotopic (exact) mass is 278 g/mol. The van der Waals surface area contributed by atoms with Crippen LogP contribution in [0.25, 0.3) is 0 Å². The molecule has 1 heterocycles. The molecule has 1 aliphatic rings. The van der Waals surface area contributed by atoms with Crippen molar-refractivity contribution in [3.8, 4) is 5.75 Å². The molecule has 6 heteroatoms. The molecule has 0 bridgehead atoms. The van der Waals surface area contributed by atoms with Crippen LogP contribution in [-0.4, -0.2) is 54.2 Å². The zero-order valence-corrected chi connectivity index (χ0v) is 11.3. The first kappa shape index (κ1) is 14.3. The van der Waals surface area contributed by atoms with Gasteiger partial charge in [-0.1, -0.05) is 18.2 Å². The molecule has 1 amide bonds. The molecule has 20 heavy (non-hydrogen) atoms. The third-order valence-electron chi connectivity index (χ3n) is 3.29. The van der Waals surface area contributed by atoms with Gasteiger partial charge in [0, 0.05) is 13.1 Å².